The van der Waals surface area contributed by atoms with E-state index in [1.54, 1.807) is 6.07 Å². The maximum absolute atomic E-state index is 5.51. The topological polar surface area (TPSA) is 55.3 Å². The molecule has 0 atom stereocenters. The molecule has 0 saturated heterocycles. The van der Waals surface area contributed by atoms with Crippen LogP contribution in [0.2, 0.25) is 0 Å². The van der Waals surface area contributed by atoms with Gasteiger partial charge in [0, 0.05) is 30.2 Å². The largest absolute Gasteiger partial charge is 0.381 e. The molecule has 0 aliphatic rings. The first-order valence-corrected chi connectivity index (χ1v) is 5.56. The quantitative estimate of drug-likeness (QED) is 0.920. The predicted octanol–water partition coefficient (Wildman–Crippen LogP) is 2.75. The van der Waals surface area contributed by atoms with E-state index in [9.17, 15) is 0 Å². The molecule has 2 aromatic rings. The van der Waals surface area contributed by atoms with Gasteiger partial charge in [-0.3, -0.25) is 0 Å². The lowest BCUT2D eigenvalue weighted by Gasteiger charge is -2.14. The Bertz CT molecular complexity index is 508. The van der Waals surface area contributed by atoms with E-state index < -0.39 is 0 Å². The highest BCUT2D eigenvalue weighted by Gasteiger charge is 2.08. The number of hydrogen-bond acceptors (Lipinski definition) is 4. The summed E-state index contributed by atoms with van der Waals surface area (Å²) in [4.78, 5) is 2.03. The van der Waals surface area contributed by atoms with Crippen LogP contribution in [0.1, 0.15) is 0 Å². The second-order valence-corrected chi connectivity index (χ2v) is 4.53. The fourth-order valence-corrected chi connectivity index (χ4v) is 2.18. The molecular weight excluding hydrogens is 270 g/mol. The highest BCUT2D eigenvalue weighted by molar-refractivity contribution is 9.10. The molecule has 0 unspecified atom stereocenters. The second-order valence-electron chi connectivity index (χ2n) is 3.68. The van der Waals surface area contributed by atoms with E-state index in [0.29, 0.717) is 11.6 Å². The van der Waals surface area contributed by atoms with E-state index in [2.05, 4.69) is 21.1 Å². The molecule has 5 heteroatoms. The van der Waals surface area contributed by atoms with Crippen molar-refractivity contribution >= 4 is 27.4 Å². The lowest BCUT2D eigenvalue weighted by molar-refractivity contribution is 0.436. The van der Waals surface area contributed by atoms with E-state index in [4.69, 9.17) is 10.3 Å². The number of hydrogen-bond donors (Lipinski definition) is 1. The normalized spacial score (nSPS) is 10.4. The van der Waals surface area contributed by atoms with Crippen LogP contribution in [-0.2, 0) is 0 Å². The smallest absolute Gasteiger partial charge is 0.169 e. The Balaban J connectivity index is 2.42. The number of nitrogens with two attached hydrogens (primary N) is 1. The van der Waals surface area contributed by atoms with Crippen LogP contribution in [0.25, 0.3) is 11.3 Å². The van der Waals surface area contributed by atoms with E-state index >= 15 is 0 Å². The molecule has 0 spiro atoms. The first-order valence-electron chi connectivity index (χ1n) is 4.77. The number of nitrogen functional groups attached to an aromatic ring is 1. The van der Waals surface area contributed by atoms with Crippen molar-refractivity contribution in [3.05, 3.63) is 28.7 Å². The summed E-state index contributed by atoms with van der Waals surface area (Å²) in [6.07, 6.45) is 0. The van der Waals surface area contributed by atoms with Crippen molar-refractivity contribution < 1.29 is 4.52 Å². The van der Waals surface area contributed by atoms with Crippen molar-refractivity contribution in [2.45, 2.75) is 0 Å². The van der Waals surface area contributed by atoms with Gasteiger partial charge in [-0.25, -0.2) is 0 Å². The number of rotatable bonds is 2. The zero-order valence-electron chi connectivity index (χ0n) is 9.07. The number of benzene rings is 1. The number of halogens is 1. The lowest BCUT2D eigenvalue weighted by Crippen LogP contribution is -2.08. The third-order valence-corrected chi connectivity index (χ3v) is 2.88. The molecule has 16 heavy (non-hydrogen) atoms. The fourth-order valence-electron chi connectivity index (χ4n) is 1.45. The molecule has 0 bridgehead atoms. The summed E-state index contributed by atoms with van der Waals surface area (Å²) in [5, 5.41) is 3.66. The highest BCUT2D eigenvalue weighted by Crippen LogP contribution is 2.30. The third-order valence-electron chi connectivity index (χ3n) is 2.24. The Hall–Kier alpha value is -1.49. The monoisotopic (exact) mass is 281 g/mol. The zero-order valence-corrected chi connectivity index (χ0v) is 10.7. The van der Waals surface area contributed by atoms with Crippen LogP contribution < -0.4 is 10.6 Å². The summed E-state index contributed by atoms with van der Waals surface area (Å²) in [5.74, 6) is 1.06. The van der Waals surface area contributed by atoms with E-state index in [1.165, 1.54) is 0 Å². The molecule has 0 amide bonds. The molecule has 84 valence electrons. The van der Waals surface area contributed by atoms with Crippen LogP contribution in [0.4, 0.5) is 11.5 Å². The Morgan fingerprint density at radius 3 is 2.56 bits per heavy atom. The summed E-state index contributed by atoms with van der Waals surface area (Å²) in [5.41, 5.74) is 7.56. The Morgan fingerprint density at radius 1 is 1.31 bits per heavy atom. The number of aromatic nitrogens is 1. The summed E-state index contributed by atoms with van der Waals surface area (Å²) in [6, 6.07) is 7.67. The van der Waals surface area contributed by atoms with Gasteiger partial charge >= 0.3 is 0 Å². The van der Waals surface area contributed by atoms with E-state index in [1.807, 2.05) is 37.2 Å². The molecule has 0 aliphatic heterocycles. The van der Waals surface area contributed by atoms with Crippen LogP contribution in [0.5, 0.6) is 0 Å². The van der Waals surface area contributed by atoms with Gasteiger partial charge in [-0.2, -0.15) is 0 Å². The summed E-state index contributed by atoms with van der Waals surface area (Å²) in [7, 11) is 3.98. The minimum absolute atomic E-state index is 0.391. The van der Waals surface area contributed by atoms with Crippen LogP contribution in [0.3, 0.4) is 0 Å². The number of anilines is 2. The van der Waals surface area contributed by atoms with Crippen molar-refractivity contribution in [2.75, 3.05) is 24.7 Å². The summed E-state index contributed by atoms with van der Waals surface area (Å²) < 4.78 is 6.10. The molecule has 1 aromatic heterocycles. The lowest BCUT2D eigenvalue weighted by atomic mass is 10.1. The predicted molar refractivity (Wildman–Crippen MR) is 68.4 cm³/mol. The molecule has 0 fully saturated rings. The molecule has 1 aromatic carbocycles. The third kappa shape index (κ3) is 2.04. The Morgan fingerprint density at radius 2 is 2.06 bits per heavy atom. The summed E-state index contributed by atoms with van der Waals surface area (Å²) in [6.45, 7) is 0. The molecule has 0 radical (unpaired) electrons. The van der Waals surface area contributed by atoms with Crippen molar-refractivity contribution in [3.8, 4) is 11.3 Å². The maximum atomic E-state index is 5.51. The average molecular weight is 282 g/mol. The highest BCUT2D eigenvalue weighted by atomic mass is 79.9. The van der Waals surface area contributed by atoms with E-state index in [0.717, 1.165) is 15.7 Å². The first kappa shape index (κ1) is 11.0. The van der Waals surface area contributed by atoms with Crippen LogP contribution in [0.15, 0.2) is 33.3 Å². The number of nitrogens with zero attached hydrogens (tertiary/aromatic N) is 2. The molecule has 4 nitrogen and oxygen atoms in total. The first-order chi connectivity index (χ1) is 7.58. The molecular formula is C11H12BrN3O. The fraction of sp³-hybridized carbons (Fsp3) is 0.182. The maximum Gasteiger partial charge on any atom is 0.169 e. The summed E-state index contributed by atoms with van der Waals surface area (Å²) >= 11 is 3.52. The van der Waals surface area contributed by atoms with E-state index in [-0.39, 0.29) is 0 Å². The van der Waals surface area contributed by atoms with Crippen LogP contribution >= 0.6 is 15.9 Å². The standard InChI is InChI=1S/C11H12BrN3O/c1-15(2)9-4-3-7(5-8(9)12)10-6-11(13)14-16-10/h3-6H,1-2H3,(H2,13,14). The van der Waals surface area contributed by atoms with Gasteiger partial charge in [0.15, 0.2) is 11.6 Å². The molecule has 0 saturated carbocycles. The van der Waals surface area contributed by atoms with Crippen molar-refractivity contribution in [1.29, 1.82) is 0 Å². The van der Waals surface area contributed by atoms with Crippen molar-refractivity contribution in [3.63, 3.8) is 0 Å². The minimum atomic E-state index is 0.391. The second kappa shape index (κ2) is 4.17. The SMILES string of the molecule is CN(C)c1ccc(-c2cc(N)no2)cc1Br. The van der Waals surface area contributed by atoms with Gasteiger partial charge in [-0.05, 0) is 34.1 Å². The van der Waals surface area contributed by atoms with Gasteiger partial charge in [0.2, 0.25) is 0 Å². The van der Waals surface area contributed by atoms with Crippen molar-refractivity contribution in [2.24, 2.45) is 0 Å². The van der Waals surface area contributed by atoms with Crippen LogP contribution in [-0.4, -0.2) is 19.3 Å². The Kier molecular flexibility index (Phi) is 2.87. The molecule has 0 aliphatic carbocycles. The zero-order chi connectivity index (χ0) is 11.7. The van der Waals surface area contributed by atoms with Crippen LogP contribution in [0, 0.1) is 0 Å². The van der Waals surface area contributed by atoms with Gasteiger partial charge in [0.1, 0.15) is 0 Å². The minimum Gasteiger partial charge on any atom is -0.381 e. The molecule has 1 heterocycles. The van der Waals surface area contributed by atoms with Crippen molar-refractivity contribution in [1.82, 2.24) is 5.16 Å². The Labute approximate surface area is 102 Å². The average Bonchev–Trinajstić information content (AvgIpc) is 2.64. The molecule has 2 N–H and O–H groups in total. The molecule has 2 rings (SSSR count). The van der Waals surface area contributed by atoms with Gasteiger partial charge < -0.3 is 15.2 Å². The van der Waals surface area contributed by atoms with Gasteiger partial charge in [0.25, 0.3) is 0 Å². The van der Waals surface area contributed by atoms with Gasteiger partial charge in [0.05, 0.1) is 5.69 Å². The van der Waals surface area contributed by atoms with Gasteiger partial charge in [-0.1, -0.05) is 5.16 Å². The van der Waals surface area contributed by atoms with Gasteiger partial charge in [-0.15, -0.1) is 0 Å².